The Hall–Kier alpha value is -2.50. The molecule has 3 aromatic heterocycles. The van der Waals surface area contributed by atoms with Crippen LogP contribution < -0.4 is 5.32 Å². The molecule has 0 radical (unpaired) electrons. The number of aromatic nitrogens is 5. The molecule has 0 fully saturated rings. The maximum atomic E-state index is 4.27. The number of pyridine rings is 1. The van der Waals surface area contributed by atoms with Gasteiger partial charge in [0.05, 0.1) is 11.6 Å². The Kier molecular flexibility index (Phi) is 3.80. The van der Waals surface area contributed by atoms with Crippen LogP contribution >= 0.6 is 0 Å². The van der Waals surface area contributed by atoms with Crippen molar-refractivity contribution < 1.29 is 0 Å². The van der Waals surface area contributed by atoms with Gasteiger partial charge in [0.1, 0.15) is 0 Å². The van der Waals surface area contributed by atoms with Gasteiger partial charge in [-0.25, -0.2) is 4.98 Å². The lowest BCUT2D eigenvalue weighted by Gasteiger charge is -2.02. The summed E-state index contributed by atoms with van der Waals surface area (Å²) in [5, 5.41) is 10.6. The standard InChI is InChI=1S/C10H8N6.C2H6/c1-3-11-4-2-8(1)14-10-12-5-7-6-13-16-9(7)15-10;1-2/h1-6H,(H2,11,12,13,14,15,16);1-2H3. The molecule has 6 nitrogen and oxygen atoms in total. The van der Waals surface area contributed by atoms with Gasteiger partial charge in [0.2, 0.25) is 5.95 Å². The van der Waals surface area contributed by atoms with E-state index < -0.39 is 0 Å². The zero-order valence-electron chi connectivity index (χ0n) is 10.3. The molecule has 18 heavy (non-hydrogen) atoms. The summed E-state index contributed by atoms with van der Waals surface area (Å²) in [4.78, 5) is 12.4. The minimum Gasteiger partial charge on any atom is -0.324 e. The minimum absolute atomic E-state index is 0.531. The molecule has 92 valence electrons. The third kappa shape index (κ3) is 2.60. The van der Waals surface area contributed by atoms with Gasteiger partial charge in [-0.15, -0.1) is 0 Å². The molecule has 0 atom stereocenters. The lowest BCUT2D eigenvalue weighted by molar-refractivity contribution is 1.09. The van der Waals surface area contributed by atoms with E-state index in [0.29, 0.717) is 11.6 Å². The Morgan fingerprint density at radius 3 is 2.67 bits per heavy atom. The largest absolute Gasteiger partial charge is 0.324 e. The van der Waals surface area contributed by atoms with Gasteiger partial charge in [-0.2, -0.15) is 10.1 Å². The Morgan fingerprint density at radius 1 is 1.11 bits per heavy atom. The fourth-order valence-electron chi connectivity index (χ4n) is 1.36. The van der Waals surface area contributed by atoms with E-state index in [9.17, 15) is 0 Å². The molecular weight excluding hydrogens is 228 g/mol. The summed E-state index contributed by atoms with van der Waals surface area (Å²) in [7, 11) is 0. The molecule has 0 aliphatic rings. The summed E-state index contributed by atoms with van der Waals surface area (Å²) >= 11 is 0. The third-order valence-electron chi connectivity index (χ3n) is 2.13. The Balaban J connectivity index is 0.000000574. The number of nitrogens with zero attached hydrogens (tertiary/aromatic N) is 4. The van der Waals surface area contributed by atoms with Gasteiger partial charge in [-0.1, -0.05) is 13.8 Å². The van der Waals surface area contributed by atoms with Crippen molar-refractivity contribution in [3.63, 3.8) is 0 Å². The highest BCUT2D eigenvalue weighted by atomic mass is 15.2. The third-order valence-corrected chi connectivity index (χ3v) is 2.13. The van der Waals surface area contributed by atoms with Crippen LogP contribution in [-0.4, -0.2) is 25.1 Å². The molecule has 0 aliphatic heterocycles. The number of fused-ring (bicyclic) bond motifs is 1. The average molecular weight is 242 g/mol. The van der Waals surface area contributed by atoms with E-state index in [2.05, 4.69) is 30.5 Å². The molecule has 0 unspecified atom stereocenters. The summed E-state index contributed by atoms with van der Waals surface area (Å²) in [6.07, 6.45) is 6.81. The lowest BCUT2D eigenvalue weighted by Crippen LogP contribution is -1.96. The molecule has 3 heterocycles. The van der Waals surface area contributed by atoms with Crippen molar-refractivity contribution in [3.8, 4) is 0 Å². The van der Waals surface area contributed by atoms with E-state index >= 15 is 0 Å². The summed E-state index contributed by atoms with van der Waals surface area (Å²) < 4.78 is 0. The fraction of sp³-hybridized carbons (Fsp3) is 0.167. The van der Waals surface area contributed by atoms with Gasteiger partial charge in [0.25, 0.3) is 0 Å². The number of anilines is 2. The second kappa shape index (κ2) is 5.72. The molecule has 0 amide bonds. The van der Waals surface area contributed by atoms with Gasteiger partial charge in [0, 0.05) is 24.3 Å². The first-order chi connectivity index (χ1) is 8.92. The van der Waals surface area contributed by atoms with Gasteiger partial charge >= 0.3 is 0 Å². The zero-order valence-corrected chi connectivity index (χ0v) is 10.3. The first-order valence-corrected chi connectivity index (χ1v) is 5.75. The van der Waals surface area contributed by atoms with Crippen LogP contribution in [0.25, 0.3) is 11.0 Å². The molecule has 0 spiro atoms. The highest BCUT2D eigenvalue weighted by Crippen LogP contribution is 2.13. The smallest absolute Gasteiger partial charge is 0.229 e. The number of hydrogen-bond donors (Lipinski definition) is 2. The fourth-order valence-corrected chi connectivity index (χ4v) is 1.36. The Bertz CT molecular complexity index is 604. The van der Waals surface area contributed by atoms with E-state index in [1.807, 2.05) is 26.0 Å². The van der Waals surface area contributed by atoms with Crippen molar-refractivity contribution in [1.82, 2.24) is 25.1 Å². The van der Waals surface area contributed by atoms with Crippen LogP contribution in [0.5, 0.6) is 0 Å². The predicted molar refractivity (Wildman–Crippen MR) is 70.6 cm³/mol. The van der Waals surface area contributed by atoms with Crippen molar-refractivity contribution >= 4 is 22.7 Å². The molecule has 0 saturated heterocycles. The minimum atomic E-state index is 0.531. The van der Waals surface area contributed by atoms with Crippen LogP contribution in [0.3, 0.4) is 0 Å². The van der Waals surface area contributed by atoms with Crippen molar-refractivity contribution in [2.24, 2.45) is 0 Å². The van der Waals surface area contributed by atoms with Crippen molar-refractivity contribution in [3.05, 3.63) is 36.9 Å². The Morgan fingerprint density at radius 2 is 1.89 bits per heavy atom. The molecule has 0 aromatic carbocycles. The average Bonchev–Trinajstić information content (AvgIpc) is 2.90. The van der Waals surface area contributed by atoms with Crippen LogP contribution in [0.2, 0.25) is 0 Å². The molecular formula is C12H14N6. The number of aromatic amines is 1. The first-order valence-electron chi connectivity index (χ1n) is 5.75. The van der Waals surface area contributed by atoms with Crippen LogP contribution in [0.15, 0.2) is 36.9 Å². The zero-order chi connectivity index (χ0) is 12.8. The summed E-state index contributed by atoms with van der Waals surface area (Å²) in [6, 6.07) is 3.70. The van der Waals surface area contributed by atoms with Gasteiger partial charge < -0.3 is 5.32 Å². The van der Waals surface area contributed by atoms with Gasteiger partial charge in [-0.3, -0.25) is 10.1 Å². The van der Waals surface area contributed by atoms with E-state index in [1.165, 1.54) is 0 Å². The van der Waals surface area contributed by atoms with Crippen molar-refractivity contribution in [2.45, 2.75) is 13.8 Å². The lowest BCUT2D eigenvalue weighted by atomic mass is 10.4. The maximum absolute atomic E-state index is 4.27. The second-order valence-corrected chi connectivity index (χ2v) is 3.23. The van der Waals surface area contributed by atoms with Crippen LogP contribution in [0.1, 0.15) is 13.8 Å². The normalized spacial score (nSPS) is 9.67. The van der Waals surface area contributed by atoms with Crippen LogP contribution in [0, 0.1) is 0 Å². The quantitative estimate of drug-likeness (QED) is 0.721. The number of hydrogen-bond acceptors (Lipinski definition) is 5. The van der Waals surface area contributed by atoms with E-state index in [0.717, 1.165) is 11.1 Å². The van der Waals surface area contributed by atoms with Gasteiger partial charge in [-0.05, 0) is 12.1 Å². The van der Waals surface area contributed by atoms with Crippen molar-refractivity contribution in [1.29, 1.82) is 0 Å². The van der Waals surface area contributed by atoms with E-state index in [-0.39, 0.29) is 0 Å². The molecule has 0 bridgehead atoms. The first kappa shape index (κ1) is 12.0. The number of H-pyrrole nitrogens is 1. The van der Waals surface area contributed by atoms with Crippen LogP contribution in [-0.2, 0) is 0 Å². The summed E-state index contributed by atoms with van der Waals surface area (Å²) in [6.45, 7) is 4.00. The summed E-state index contributed by atoms with van der Waals surface area (Å²) in [5.41, 5.74) is 1.61. The summed E-state index contributed by atoms with van der Waals surface area (Å²) in [5.74, 6) is 0.531. The van der Waals surface area contributed by atoms with Crippen LogP contribution in [0.4, 0.5) is 11.6 Å². The highest BCUT2D eigenvalue weighted by Gasteiger charge is 2.01. The van der Waals surface area contributed by atoms with Crippen molar-refractivity contribution in [2.75, 3.05) is 5.32 Å². The van der Waals surface area contributed by atoms with E-state index in [4.69, 9.17) is 0 Å². The second-order valence-electron chi connectivity index (χ2n) is 3.23. The van der Waals surface area contributed by atoms with Gasteiger partial charge in [0.15, 0.2) is 5.65 Å². The SMILES string of the molecule is CC.c1cc(Nc2ncc3cn[nH]c3n2)ccn1. The molecule has 6 heteroatoms. The monoisotopic (exact) mass is 242 g/mol. The molecule has 0 aliphatic carbocycles. The molecule has 3 rings (SSSR count). The molecule has 3 aromatic rings. The molecule has 0 saturated carbocycles. The predicted octanol–water partition coefficient (Wildman–Crippen LogP) is 2.52. The number of rotatable bonds is 2. The Labute approximate surface area is 105 Å². The number of nitrogens with one attached hydrogen (secondary N) is 2. The molecule has 2 N–H and O–H groups in total. The highest BCUT2D eigenvalue weighted by molar-refractivity contribution is 5.74. The maximum Gasteiger partial charge on any atom is 0.229 e. The topological polar surface area (TPSA) is 79.4 Å². The van der Waals surface area contributed by atoms with E-state index in [1.54, 1.807) is 24.8 Å².